The Morgan fingerprint density at radius 3 is 2.35 bits per heavy atom. The molecule has 0 saturated carbocycles. The number of carboxylic acid groups (broad SMARTS) is 1. The lowest BCUT2D eigenvalue weighted by molar-refractivity contribution is 0.0697. The lowest BCUT2D eigenvalue weighted by Crippen LogP contribution is -2.02. The summed E-state index contributed by atoms with van der Waals surface area (Å²) in [7, 11) is 0. The molecule has 7 heteroatoms. The number of hydrogen-bond donors (Lipinski definition) is 2. The van der Waals surface area contributed by atoms with Crippen molar-refractivity contribution in [3.8, 4) is 16.9 Å². The molecule has 2 aromatic carbocycles. The number of benzene rings is 2. The second-order valence-electron chi connectivity index (χ2n) is 5.48. The number of hydrogen-bond acceptors (Lipinski definition) is 4. The molecule has 0 bridgehead atoms. The number of carbonyl (C=O) groups is 1. The average Bonchev–Trinajstić information content (AvgIpc) is 2.63. The quantitative estimate of drug-likeness (QED) is 0.647. The Bertz CT molecular complexity index is 939. The predicted octanol–water partition coefficient (Wildman–Crippen LogP) is 4.91. The highest BCUT2D eigenvalue weighted by Crippen LogP contribution is 2.30. The maximum absolute atomic E-state index is 11.0. The summed E-state index contributed by atoms with van der Waals surface area (Å²) in [6, 6.07) is 13.4. The van der Waals surface area contributed by atoms with Crippen molar-refractivity contribution in [2.75, 3.05) is 5.73 Å². The number of nitrogens with zero attached hydrogens (tertiary/aromatic N) is 1. The number of rotatable bonds is 5. The molecule has 0 aliphatic heterocycles. The van der Waals surface area contributed by atoms with Crippen molar-refractivity contribution in [1.29, 1.82) is 0 Å². The van der Waals surface area contributed by atoms with Gasteiger partial charge in [0.05, 0.1) is 5.56 Å². The summed E-state index contributed by atoms with van der Waals surface area (Å²) in [5, 5.41) is 9.99. The molecule has 0 saturated heterocycles. The molecule has 1 heterocycles. The molecule has 0 fully saturated rings. The monoisotopic (exact) mass is 388 g/mol. The molecular formula is C19H14Cl2N2O3. The van der Waals surface area contributed by atoms with Crippen LogP contribution in [0.2, 0.25) is 10.0 Å². The van der Waals surface area contributed by atoms with E-state index in [0.717, 1.165) is 11.1 Å². The van der Waals surface area contributed by atoms with E-state index in [0.29, 0.717) is 21.4 Å². The summed E-state index contributed by atoms with van der Waals surface area (Å²) in [6.07, 6.45) is 1.60. The van der Waals surface area contributed by atoms with Crippen LogP contribution in [0.5, 0.6) is 5.75 Å². The topological polar surface area (TPSA) is 85.4 Å². The molecule has 0 amide bonds. The van der Waals surface area contributed by atoms with Crippen LogP contribution in [-0.4, -0.2) is 16.1 Å². The van der Waals surface area contributed by atoms with Crippen LogP contribution in [0.25, 0.3) is 11.1 Å². The standard InChI is InChI=1S/C19H14Cl2N2O3/c20-15-2-1-3-16(21)14(15)10-26-17-8-13(9-23-18(17)22)11-4-6-12(7-5-11)19(24)25/h1-9H,10H2,(H2,22,23)(H,24,25). The van der Waals surface area contributed by atoms with Crippen LogP contribution in [0, 0.1) is 0 Å². The fourth-order valence-electron chi connectivity index (χ4n) is 2.35. The second-order valence-corrected chi connectivity index (χ2v) is 6.29. The number of halogens is 2. The van der Waals surface area contributed by atoms with Gasteiger partial charge < -0.3 is 15.6 Å². The van der Waals surface area contributed by atoms with Gasteiger partial charge in [0.25, 0.3) is 0 Å². The van der Waals surface area contributed by atoms with E-state index in [2.05, 4.69) is 4.98 Å². The van der Waals surface area contributed by atoms with E-state index in [1.807, 2.05) is 0 Å². The zero-order valence-corrected chi connectivity index (χ0v) is 15.0. The maximum Gasteiger partial charge on any atom is 0.335 e. The Labute approximate surface area is 160 Å². The van der Waals surface area contributed by atoms with Gasteiger partial charge in [0.1, 0.15) is 6.61 Å². The summed E-state index contributed by atoms with van der Waals surface area (Å²) < 4.78 is 5.76. The van der Waals surface area contributed by atoms with Gasteiger partial charge in [-0.1, -0.05) is 41.4 Å². The van der Waals surface area contributed by atoms with E-state index in [-0.39, 0.29) is 18.0 Å². The number of ether oxygens (including phenoxy) is 1. The highest BCUT2D eigenvalue weighted by atomic mass is 35.5. The van der Waals surface area contributed by atoms with Gasteiger partial charge in [-0.05, 0) is 35.9 Å². The summed E-state index contributed by atoms with van der Waals surface area (Å²) in [4.78, 5) is 15.1. The predicted molar refractivity (Wildman–Crippen MR) is 102 cm³/mol. The highest BCUT2D eigenvalue weighted by molar-refractivity contribution is 6.35. The number of carboxylic acids is 1. The molecule has 0 unspecified atom stereocenters. The van der Waals surface area contributed by atoms with Crippen molar-refractivity contribution in [3.63, 3.8) is 0 Å². The number of aromatic nitrogens is 1. The van der Waals surface area contributed by atoms with Crippen LogP contribution >= 0.6 is 23.2 Å². The molecule has 26 heavy (non-hydrogen) atoms. The van der Waals surface area contributed by atoms with Gasteiger partial charge in [-0.25, -0.2) is 9.78 Å². The number of nitrogen functional groups attached to an aromatic ring is 1. The molecule has 3 N–H and O–H groups in total. The van der Waals surface area contributed by atoms with Crippen molar-refractivity contribution in [1.82, 2.24) is 4.98 Å². The van der Waals surface area contributed by atoms with Gasteiger partial charge >= 0.3 is 5.97 Å². The van der Waals surface area contributed by atoms with Gasteiger partial charge in [-0.2, -0.15) is 0 Å². The Kier molecular flexibility index (Phi) is 5.30. The summed E-state index contributed by atoms with van der Waals surface area (Å²) in [5.41, 5.74) is 8.30. The van der Waals surface area contributed by atoms with Crippen LogP contribution in [0.4, 0.5) is 5.82 Å². The van der Waals surface area contributed by atoms with E-state index in [1.54, 1.807) is 42.6 Å². The van der Waals surface area contributed by atoms with Crippen molar-refractivity contribution in [2.45, 2.75) is 6.61 Å². The number of pyridine rings is 1. The third-order valence-electron chi connectivity index (χ3n) is 3.78. The van der Waals surface area contributed by atoms with Crippen molar-refractivity contribution < 1.29 is 14.6 Å². The third-order valence-corrected chi connectivity index (χ3v) is 4.49. The van der Waals surface area contributed by atoms with E-state index in [4.69, 9.17) is 38.8 Å². The zero-order chi connectivity index (χ0) is 18.7. The molecule has 5 nitrogen and oxygen atoms in total. The minimum Gasteiger partial charge on any atom is -0.485 e. The molecule has 0 aliphatic rings. The first-order chi connectivity index (χ1) is 12.5. The molecule has 0 radical (unpaired) electrons. The first-order valence-electron chi connectivity index (χ1n) is 7.60. The molecule has 1 aromatic heterocycles. The van der Waals surface area contributed by atoms with E-state index < -0.39 is 5.97 Å². The van der Waals surface area contributed by atoms with Gasteiger partial charge in [-0.15, -0.1) is 0 Å². The molecule has 0 aliphatic carbocycles. The molecular weight excluding hydrogens is 375 g/mol. The summed E-state index contributed by atoms with van der Waals surface area (Å²) in [5.74, 6) is -0.354. The first kappa shape index (κ1) is 18.0. The molecule has 3 aromatic rings. The third kappa shape index (κ3) is 3.90. The Balaban J connectivity index is 1.85. The van der Waals surface area contributed by atoms with Crippen LogP contribution in [0.15, 0.2) is 54.7 Å². The van der Waals surface area contributed by atoms with Crippen LogP contribution in [0.3, 0.4) is 0 Å². The largest absolute Gasteiger partial charge is 0.485 e. The molecule has 3 rings (SSSR count). The van der Waals surface area contributed by atoms with E-state index >= 15 is 0 Å². The normalized spacial score (nSPS) is 10.5. The average molecular weight is 389 g/mol. The van der Waals surface area contributed by atoms with Crippen molar-refractivity contribution in [2.24, 2.45) is 0 Å². The zero-order valence-electron chi connectivity index (χ0n) is 13.4. The molecule has 132 valence electrons. The van der Waals surface area contributed by atoms with Gasteiger partial charge in [0, 0.05) is 27.4 Å². The van der Waals surface area contributed by atoms with Crippen LogP contribution in [-0.2, 0) is 6.61 Å². The molecule has 0 atom stereocenters. The summed E-state index contributed by atoms with van der Waals surface area (Å²) in [6.45, 7) is 0.145. The minimum atomic E-state index is -0.979. The number of nitrogens with two attached hydrogens (primary N) is 1. The lowest BCUT2D eigenvalue weighted by Gasteiger charge is -2.12. The SMILES string of the molecule is Nc1ncc(-c2ccc(C(=O)O)cc2)cc1OCc1c(Cl)cccc1Cl. The van der Waals surface area contributed by atoms with Gasteiger partial charge in [0.15, 0.2) is 11.6 Å². The minimum absolute atomic E-state index is 0.145. The Morgan fingerprint density at radius 1 is 1.08 bits per heavy atom. The number of aromatic carboxylic acids is 1. The first-order valence-corrected chi connectivity index (χ1v) is 8.36. The highest BCUT2D eigenvalue weighted by Gasteiger charge is 2.10. The van der Waals surface area contributed by atoms with Gasteiger partial charge in [0.2, 0.25) is 0 Å². The smallest absolute Gasteiger partial charge is 0.335 e. The fourth-order valence-corrected chi connectivity index (χ4v) is 2.86. The summed E-state index contributed by atoms with van der Waals surface area (Å²) >= 11 is 12.3. The number of anilines is 1. The van der Waals surface area contributed by atoms with Crippen LogP contribution in [0.1, 0.15) is 15.9 Å². The van der Waals surface area contributed by atoms with E-state index in [1.165, 1.54) is 12.1 Å². The Morgan fingerprint density at radius 2 is 1.73 bits per heavy atom. The second kappa shape index (κ2) is 7.64. The fraction of sp³-hybridized carbons (Fsp3) is 0.0526. The maximum atomic E-state index is 11.0. The van der Waals surface area contributed by atoms with Crippen molar-refractivity contribution in [3.05, 3.63) is 75.9 Å². The lowest BCUT2D eigenvalue weighted by atomic mass is 10.1. The molecule has 0 spiro atoms. The van der Waals surface area contributed by atoms with E-state index in [9.17, 15) is 4.79 Å². The Hall–Kier alpha value is -2.76. The van der Waals surface area contributed by atoms with Crippen molar-refractivity contribution >= 4 is 35.0 Å². The van der Waals surface area contributed by atoms with Gasteiger partial charge in [-0.3, -0.25) is 0 Å². The van der Waals surface area contributed by atoms with Crippen LogP contribution < -0.4 is 10.5 Å².